The Bertz CT molecular complexity index is 401. The summed E-state index contributed by atoms with van der Waals surface area (Å²) in [4.78, 5) is 10.3. The van der Waals surface area contributed by atoms with Gasteiger partial charge in [-0.05, 0) is 12.1 Å². The molecule has 7 heteroatoms. The van der Waals surface area contributed by atoms with Crippen molar-refractivity contribution in [3.63, 3.8) is 0 Å². The van der Waals surface area contributed by atoms with Crippen molar-refractivity contribution < 1.29 is 23.1 Å². The quantitative estimate of drug-likeness (QED) is 0.812. The van der Waals surface area contributed by atoms with E-state index in [0.717, 1.165) is 0 Å². The number of carboxylic acids is 1. The van der Waals surface area contributed by atoms with Gasteiger partial charge in [-0.15, -0.1) is 12.4 Å². The fourth-order valence-electron chi connectivity index (χ4n) is 1.17. The summed E-state index contributed by atoms with van der Waals surface area (Å²) in [6, 6.07) is -0.0879. The highest BCUT2D eigenvalue weighted by Crippen LogP contribution is 2.23. The first kappa shape index (κ1) is 14.7. The first-order valence-electron chi connectivity index (χ1n) is 4.04. The molecular weight excluding hydrogens is 247 g/mol. The number of benzene rings is 1. The average molecular weight is 256 g/mol. The summed E-state index contributed by atoms with van der Waals surface area (Å²) < 4.78 is 38.8. The molecule has 0 bridgehead atoms. The summed E-state index contributed by atoms with van der Waals surface area (Å²) in [5, 5.41) is 8.38. The standard InChI is InChI=1S/C9H8F3NO2.ClH/c10-4-1-2-5(11)9(12)8(4)6(13)3-7(14)15;/h1-2,6H,3,13H2,(H,14,15);1H. The van der Waals surface area contributed by atoms with E-state index in [9.17, 15) is 18.0 Å². The third kappa shape index (κ3) is 3.11. The topological polar surface area (TPSA) is 63.3 Å². The summed E-state index contributed by atoms with van der Waals surface area (Å²) in [6.45, 7) is 0. The summed E-state index contributed by atoms with van der Waals surface area (Å²) in [6.07, 6.45) is -0.669. The van der Waals surface area contributed by atoms with E-state index in [0.29, 0.717) is 12.1 Å². The minimum Gasteiger partial charge on any atom is -0.481 e. The Labute approximate surface area is 95.5 Å². The molecular formula is C9H9ClF3NO2. The minimum atomic E-state index is -1.44. The van der Waals surface area contributed by atoms with E-state index in [2.05, 4.69) is 0 Å². The van der Waals surface area contributed by atoms with Gasteiger partial charge in [0.2, 0.25) is 0 Å². The largest absolute Gasteiger partial charge is 0.481 e. The van der Waals surface area contributed by atoms with Crippen LogP contribution in [-0.2, 0) is 4.79 Å². The summed E-state index contributed by atoms with van der Waals surface area (Å²) in [5.41, 5.74) is 4.50. The van der Waals surface area contributed by atoms with Gasteiger partial charge in [0.15, 0.2) is 11.6 Å². The normalized spacial score (nSPS) is 11.8. The first-order chi connectivity index (χ1) is 6.93. The van der Waals surface area contributed by atoms with Gasteiger partial charge in [0.05, 0.1) is 6.42 Å². The van der Waals surface area contributed by atoms with E-state index in [1.165, 1.54) is 0 Å². The third-order valence-electron chi connectivity index (χ3n) is 1.84. The lowest BCUT2D eigenvalue weighted by Crippen LogP contribution is -2.18. The number of hydrogen-bond donors (Lipinski definition) is 2. The van der Waals surface area contributed by atoms with Crippen molar-refractivity contribution in [2.24, 2.45) is 5.73 Å². The number of carboxylic acid groups (broad SMARTS) is 1. The van der Waals surface area contributed by atoms with Crippen LogP contribution in [0.3, 0.4) is 0 Å². The second kappa shape index (κ2) is 5.72. The van der Waals surface area contributed by atoms with E-state index >= 15 is 0 Å². The second-order valence-electron chi connectivity index (χ2n) is 2.96. The molecule has 90 valence electrons. The highest BCUT2D eigenvalue weighted by molar-refractivity contribution is 5.85. The zero-order valence-corrected chi connectivity index (χ0v) is 8.73. The van der Waals surface area contributed by atoms with Crippen LogP contribution in [0.15, 0.2) is 12.1 Å². The Morgan fingerprint density at radius 2 is 1.81 bits per heavy atom. The molecule has 3 N–H and O–H groups in total. The molecule has 0 aromatic heterocycles. The molecule has 0 aliphatic heterocycles. The van der Waals surface area contributed by atoms with E-state index < -0.39 is 41.4 Å². The number of rotatable bonds is 3. The minimum absolute atomic E-state index is 0. The summed E-state index contributed by atoms with van der Waals surface area (Å²) in [5.74, 6) is -5.07. The smallest absolute Gasteiger partial charge is 0.305 e. The predicted molar refractivity (Wildman–Crippen MR) is 52.7 cm³/mol. The van der Waals surface area contributed by atoms with Crippen LogP contribution < -0.4 is 5.73 Å². The molecule has 1 rings (SSSR count). The number of halogens is 4. The lowest BCUT2D eigenvalue weighted by molar-refractivity contribution is -0.137. The molecule has 0 saturated carbocycles. The van der Waals surface area contributed by atoms with Gasteiger partial charge in [0, 0.05) is 11.6 Å². The lowest BCUT2D eigenvalue weighted by Gasteiger charge is -2.11. The molecule has 0 saturated heterocycles. The summed E-state index contributed by atoms with van der Waals surface area (Å²) in [7, 11) is 0. The number of aliphatic carboxylic acids is 1. The maximum atomic E-state index is 13.1. The maximum absolute atomic E-state index is 13.1. The van der Waals surface area contributed by atoms with Crippen molar-refractivity contribution in [2.75, 3.05) is 0 Å². The van der Waals surface area contributed by atoms with Crippen LogP contribution in [0.4, 0.5) is 13.2 Å². The molecule has 16 heavy (non-hydrogen) atoms. The molecule has 0 aliphatic carbocycles. The molecule has 0 heterocycles. The zero-order chi connectivity index (χ0) is 11.6. The fraction of sp³-hybridized carbons (Fsp3) is 0.222. The molecule has 1 aromatic rings. The lowest BCUT2D eigenvalue weighted by atomic mass is 10.0. The van der Waals surface area contributed by atoms with E-state index in [-0.39, 0.29) is 12.4 Å². The van der Waals surface area contributed by atoms with Crippen LogP contribution in [0.1, 0.15) is 18.0 Å². The van der Waals surface area contributed by atoms with Gasteiger partial charge in [-0.1, -0.05) is 0 Å². The van der Waals surface area contributed by atoms with E-state index in [1.54, 1.807) is 0 Å². The Balaban J connectivity index is 0.00000225. The highest BCUT2D eigenvalue weighted by atomic mass is 35.5. The van der Waals surface area contributed by atoms with Gasteiger partial charge in [0.25, 0.3) is 0 Å². The molecule has 3 nitrogen and oxygen atoms in total. The van der Waals surface area contributed by atoms with Crippen LogP contribution >= 0.6 is 12.4 Å². The SMILES string of the molecule is Cl.NC(CC(=O)O)c1c(F)ccc(F)c1F. The van der Waals surface area contributed by atoms with E-state index in [1.807, 2.05) is 0 Å². The van der Waals surface area contributed by atoms with Crippen LogP contribution in [0.5, 0.6) is 0 Å². The molecule has 1 unspecified atom stereocenters. The molecule has 0 spiro atoms. The van der Waals surface area contributed by atoms with Crippen molar-refractivity contribution in [3.05, 3.63) is 35.1 Å². The monoisotopic (exact) mass is 255 g/mol. The van der Waals surface area contributed by atoms with Gasteiger partial charge in [-0.25, -0.2) is 13.2 Å². The number of hydrogen-bond acceptors (Lipinski definition) is 2. The molecule has 1 aromatic carbocycles. The van der Waals surface area contributed by atoms with Crippen molar-refractivity contribution in [2.45, 2.75) is 12.5 Å². The molecule has 0 fully saturated rings. The molecule has 1 atom stereocenters. The van der Waals surface area contributed by atoms with Gasteiger partial charge in [0.1, 0.15) is 5.82 Å². The maximum Gasteiger partial charge on any atom is 0.305 e. The zero-order valence-electron chi connectivity index (χ0n) is 7.91. The molecule has 0 radical (unpaired) electrons. The van der Waals surface area contributed by atoms with Gasteiger partial charge < -0.3 is 10.8 Å². The number of nitrogens with two attached hydrogens (primary N) is 1. The van der Waals surface area contributed by atoms with Crippen LogP contribution in [0.2, 0.25) is 0 Å². The highest BCUT2D eigenvalue weighted by Gasteiger charge is 2.21. The Hall–Kier alpha value is -1.27. The first-order valence-corrected chi connectivity index (χ1v) is 4.04. The van der Waals surface area contributed by atoms with Gasteiger partial charge >= 0.3 is 5.97 Å². The molecule has 0 amide bonds. The van der Waals surface area contributed by atoms with Crippen LogP contribution in [0.25, 0.3) is 0 Å². The number of carbonyl (C=O) groups is 1. The third-order valence-corrected chi connectivity index (χ3v) is 1.84. The van der Waals surface area contributed by atoms with Crippen molar-refractivity contribution in [1.29, 1.82) is 0 Å². The van der Waals surface area contributed by atoms with Crippen molar-refractivity contribution in [1.82, 2.24) is 0 Å². The Kier molecular flexibility index (Phi) is 5.26. The fourth-order valence-corrected chi connectivity index (χ4v) is 1.17. The van der Waals surface area contributed by atoms with E-state index in [4.69, 9.17) is 10.8 Å². The van der Waals surface area contributed by atoms with Crippen molar-refractivity contribution >= 4 is 18.4 Å². The predicted octanol–water partition coefficient (Wildman–Crippen LogP) is 2.00. The van der Waals surface area contributed by atoms with Crippen molar-refractivity contribution in [3.8, 4) is 0 Å². The second-order valence-corrected chi connectivity index (χ2v) is 2.96. The Morgan fingerprint density at radius 1 is 1.31 bits per heavy atom. The van der Waals surface area contributed by atoms with Gasteiger partial charge in [-0.2, -0.15) is 0 Å². The molecule has 0 aliphatic rings. The Morgan fingerprint density at radius 3 is 2.31 bits per heavy atom. The summed E-state index contributed by atoms with van der Waals surface area (Å²) >= 11 is 0. The van der Waals surface area contributed by atoms with Crippen LogP contribution in [-0.4, -0.2) is 11.1 Å². The van der Waals surface area contributed by atoms with Crippen LogP contribution in [0, 0.1) is 17.5 Å². The van der Waals surface area contributed by atoms with Gasteiger partial charge in [-0.3, -0.25) is 4.79 Å². The average Bonchev–Trinajstić information content (AvgIpc) is 2.11.